The molecule has 0 spiro atoms. The van der Waals surface area contributed by atoms with Crippen LogP contribution in [0.4, 0.5) is 5.69 Å². The Balaban J connectivity index is 3.06. The van der Waals surface area contributed by atoms with Gasteiger partial charge in [0.2, 0.25) is 5.91 Å². The molecule has 1 aromatic rings. The lowest BCUT2D eigenvalue weighted by Crippen LogP contribution is -2.37. The van der Waals surface area contributed by atoms with E-state index in [1.54, 1.807) is 11.8 Å². The van der Waals surface area contributed by atoms with Gasteiger partial charge < -0.3 is 9.64 Å². The predicted octanol–water partition coefficient (Wildman–Crippen LogP) is 3.25. The largest absolute Gasteiger partial charge is 0.469 e. The monoisotopic (exact) mass is 291 g/mol. The number of carbonyl (C=O) groups is 2. The summed E-state index contributed by atoms with van der Waals surface area (Å²) >= 11 is 0. The molecule has 1 aromatic carbocycles. The van der Waals surface area contributed by atoms with Crippen LogP contribution in [0, 0.1) is 19.8 Å². The van der Waals surface area contributed by atoms with E-state index in [-0.39, 0.29) is 24.2 Å². The smallest absolute Gasteiger partial charge is 0.306 e. The Kier molecular flexibility index (Phi) is 6.40. The summed E-state index contributed by atoms with van der Waals surface area (Å²) in [6, 6.07) is 5.99. The maximum atomic E-state index is 12.7. The topological polar surface area (TPSA) is 46.6 Å². The summed E-state index contributed by atoms with van der Waals surface area (Å²) in [5, 5.41) is 0. The molecule has 0 aliphatic heterocycles. The minimum absolute atomic E-state index is 0.0281. The molecule has 21 heavy (non-hydrogen) atoms. The third-order valence-electron chi connectivity index (χ3n) is 3.54. The highest BCUT2D eigenvalue weighted by Gasteiger charge is 2.25. The van der Waals surface area contributed by atoms with Gasteiger partial charge in [0.15, 0.2) is 0 Å². The Hall–Kier alpha value is -1.84. The molecular weight excluding hydrogens is 266 g/mol. The van der Waals surface area contributed by atoms with Gasteiger partial charge in [0.05, 0.1) is 13.5 Å². The molecular formula is C17H25NO3. The van der Waals surface area contributed by atoms with Crippen LogP contribution in [0.3, 0.4) is 0 Å². The zero-order valence-corrected chi connectivity index (χ0v) is 13.6. The van der Waals surface area contributed by atoms with Crippen molar-refractivity contribution in [3.8, 4) is 0 Å². The van der Waals surface area contributed by atoms with Crippen molar-refractivity contribution in [2.45, 2.75) is 40.5 Å². The van der Waals surface area contributed by atoms with Gasteiger partial charge >= 0.3 is 5.97 Å². The van der Waals surface area contributed by atoms with E-state index in [4.69, 9.17) is 0 Å². The fourth-order valence-corrected chi connectivity index (χ4v) is 2.47. The number of amides is 1. The van der Waals surface area contributed by atoms with Gasteiger partial charge in [-0.2, -0.15) is 0 Å². The third kappa shape index (κ3) is 4.31. The highest BCUT2D eigenvalue weighted by Crippen LogP contribution is 2.26. The van der Waals surface area contributed by atoms with Crippen LogP contribution in [0.25, 0.3) is 0 Å². The number of aryl methyl sites for hydroxylation is 2. The molecule has 4 nitrogen and oxygen atoms in total. The first-order valence-electron chi connectivity index (χ1n) is 7.36. The SMILES string of the molecule is CCCN(C(=O)C(C)CC(=O)OC)c1c(C)cccc1C. The summed E-state index contributed by atoms with van der Waals surface area (Å²) in [5.74, 6) is -0.767. The van der Waals surface area contributed by atoms with Crippen LogP contribution < -0.4 is 4.90 Å². The zero-order chi connectivity index (χ0) is 16.0. The maximum absolute atomic E-state index is 12.7. The number of para-hydroxylation sites is 1. The molecule has 4 heteroatoms. The summed E-state index contributed by atoms with van der Waals surface area (Å²) in [7, 11) is 1.34. The van der Waals surface area contributed by atoms with E-state index in [0.29, 0.717) is 6.54 Å². The number of hydrogen-bond donors (Lipinski definition) is 0. The summed E-state index contributed by atoms with van der Waals surface area (Å²) in [5.41, 5.74) is 3.10. The maximum Gasteiger partial charge on any atom is 0.306 e. The molecule has 116 valence electrons. The van der Waals surface area contributed by atoms with Crippen molar-refractivity contribution in [2.75, 3.05) is 18.6 Å². The molecule has 0 saturated heterocycles. The molecule has 1 amide bonds. The van der Waals surface area contributed by atoms with Crippen molar-refractivity contribution < 1.29 is 14.3 Å². The van der Waals surface area contributed by atoms with Crippen LogP contribution in [-0.2, 0) is 14.3 Å². The first kappa shape index (κ1) is 17.2. The first-order valence-corrected chi connectivity index (χ1v) is 7.36. The molecule has 0 heterocycles. The van der Waals surface area contributed by atoms with Crippen molar-refractivity contribution in [1.29, 1.82) is 0 Å². The predicted molar refractivity (Wildman–Crippen MR) is 84.4 cm³/mol. The van der Waals surface area contributed by atoms with E-state index in [2.05, 4.69) is 4.74 Å². The van der Waals surface area contributed by atoms with Crippen LogP contribution in [0.1, 0.15) is 37.8 Å². The number of carbonyl (C=O) groups excluding carboxylic acids is 2. The number of nitrogens with zero attached hydrogens (tertiary/aromatic N) is 1. The molecule has 0 saturated carbocycles. The van der Waals surface area contributed by atoms with E-state index < -0.39 is 0 Å². The standard InChI is InChI=1S/C17H25NO3/c1-6-10-18(16-12(2)8-7-9-13(16)3)17(20)14(4)11-15(19)21-5/h7-9,14H,6,10-11H2,1-5H3. The summed E-state index contributed by atoms with van der Waals surface area (Å²) in [6.07, 6.45) is 0.977. The molecule has 0 radical (unpaired) electrons. The Morgan fingerprint density at radius 1 is 1.24 bits per heavy atom. The normalized spacial score (nSPS) is 11.9. The van der Waals surface area contributed by atoms with E-state index in [1.165, 1.54) is 7.11 Å². The van der Waals surface area contributed by atoms with Crippen molar-refractivity contribution >= 4 is 17.6 Å². The van der Waals surface area contributed by atoms with Crippen LogP contribution >= 0.6 is 0 Å². The molecule has 0 bridgehead atoms. The average Bonchev–Trinajstić information content (AvgIpc) is 2.45. The second-order valence-electron chi connectivity index (χ2n) is 5.41. The van der Waals surface area contributed by atoms with Gasteiger partial charge in [-0.25, -0.2) is 0 Å². The van der Waals surface area contributed by atoms with Crippen LogP contribution in [0.5, 0.6) is 0 Å². The van der Waals surface area contributed by atoms with E-state index in [0.717, 1.165) is 23.2 Å². The second-order valence-corrected chi connectivity index (χ2v) is 5.41. The van der Waals surface area contributed by atoms with E-state index in [1.807, 2.05) is 39.0 Å². The lowest BCUT2D eigenvalue weighted by atomic mass is 10.0. The van der Waals surface area contributed by atoms with Crippen LogP contribution in [0.2, 0.25) is 0 Å². The Labute approximate surface area is 127 Å². The first-order chi connectivity index (χ1) is 9.92. The third-order valence-corrected chi connectivity index (χ3v) is 3.54. The summed E-state index contributed by atoms with van der Waals surface area (Å²) < 4.78 is 4.65. The highest BCUT2D eigenvalue weighted by molar-refractivity contribution is 5.97. The van der Waals surface area contributed by atoms with Crippen molar-refractivity contribution in [3.05, 3.63) is 29.3 Å². The minimum atomic E-state index is -0.386. The lowest BCUT2D eigenvalue weighted by Gasteiger charge is -2.28. The highest BCUT2D eigenvalue weighted by atomic mass is 16.5. The number of ether oxygens (including phenoxy) is 1. The second kappa shape index (κ2) is 7.81. The number of hydrogen-bond acceptors (Lipinski definition) is 3. The molecule has 0 aliphatic rings. The molecule has 0 aliphatic carbocycles. The Morgan fingerprint density at radius 3 is 2.29 bits per heavy atom. The molecule has 0 aromatic heterocycles. The zero-order valence-electron chi connectivity index (χ0n) is 13.6. The quantitative estimate of drug-likeness (QED) is 0.756. The van der Waals surface area contributed by atoms with Crippen LogP contribution in [-0.4, -0.2) is 25.5 Å². The van der Waals surface area contributed by atoms with Gasteiger partial charge in [-0.15, -0.1) is 0 Å². The summed E-state index contributed by atoms with van der Waals surface area (Å²) in [6.45, 7) is 8.47. The van der Waals surface area contributed by atoms with Gasteiger partial charge in [0.25, 0.3) is 0 Å². The average molecular weight is 291 g/mol. The van der Waals surface area contributed by atoms with Crippen molar-refractivity contribution in [1.82, 2.24) is 0 Å². The molecule has 1 unspecified atom stereocenters. The van der Waals surface area contributed by atoms with Gasteiger partial charge in [0, 0.05) is 18.2 Å². The fraction of sp³-hybridized carbons (Fsp3) is 0.529. The number of benzene rings is 1. The van der Waals surface area contributed by atoms with Crippen molar-refractivity contribution in [3.63, 3.8) is 0 Å². The molecule has 0 N–H and O–H groups in total. The van der Waals surface area contributed by atoms with Crippen molar-refractivity contribution in [2.24, 2.45) is 5.92 Å². The molecule has 1 rings (SSSR count). The number of methoxy groups -OCH3 is 1. The number of rotatable bonds is 6. The Bertz CT molecular complexity index is 491. The molecule has 1 atom stereocenters. The Morgan fingerprint density at radius 2 is 1.81 bits per heavy atom. The molecule has 0 fully saturated rings. The minimum Gasteiger partial charge on any atom is -0.469 e. The number of anilines is 1. The van der Waals surface area contributed by atoms with Gasteiger partial charge in [-0.1, -0.05) is 32.0 Å². The van der Waals surface area contributed by atoms with Crippen LogP contribution in [0.15, 0.2) is 18.2 Å². The van der Waals surface area contributed by atoms with Gasteiger partial charge in [-0.05, 0) is 31.4 Å². The van der Waals surface area contributed by atoms with E-state index in [9.17, 15) is 9.59 Å². The fourth-order valence-electron chi connectivity index (χ4n) is 2.47. The van der Waals surface area contributed by atoms with Gasteiger partial charge in [0.1, 0.15) is 0 Å². The lowest BCUT2D eigenvalue weighted by molar-refractivity contribution is -0.143. The summed E-state index contributed by atoms with van der Waals surface area (Å²) in [4.78, 5) is 25.9. The number of esters is 1. The van der Waals surface area contributed by atoms with E-state index >= 15 is 0 Å². The van der Waals surface area contributed by atoms with Gasteiger partial charge in [-0.3, -0.25) is 9.59 Å².